The molecule has 3 nitrogen and oxygen atoms in total. The summed E-state index contributed by atoms with van der Waals surface area (Å²) in [6, 6.07) is 3.99. The molecule has 18 heavy (non-hydrogen) atoms. The number of Topliss-reactive ketones (excluding diaryl/α,β-unsaturated/α-hetero) is 1. The van der Waals surface area contributed by atoms with E-state index >= 15 is 0 Å². The number of benzene rings is 1. The summed E-state index contributed by atoms with van der Waals surface area (Å²) in [7, 11) is 0. The Morgan fingerprint density at radius 1 is 1.06 bits per heavy atom. The standard InChI is InChI=1S/C15H15NO2/c17-12-7-5-8-4-6-11-14(13(8)12)9-2-1-3-10(9)15(18)16-11/h4,6,9-10H,1-3,5,7H2,(H,16,18). The number of carbonyl (C=O) groups excluding carboxylic acids is 2. The Balaban J connectivity index is 1.96. The van der Waals surface area contributed by atoms with E-state index in [4.69, 9.17) is 0 Å². The van der Waals surface area contributed by atoms with Crippen molar-refractivity contribution in [2.45, 2.75) is 38.0 Å². The predicted octanol–water partition coefficient (Wildman–Crippen LogP) is 2.65. The Morgan fingerprint density at radius 3 is 2.78 bits per heavy atom. The van der Waals surface area contributed by atoms with Gasteiger partial charge in [0, 0.05) is 23.6 Å². The van der Waals surface area contributed by atoms with Crippen LogP contribution in [0.3, 0.4) is 0 Å². The average molecular weight is 241 g/mol. The van der Waals surface area contributed by atoms with E-state index < -0.39 is 0 Å². The van der Waals surface area contributed by atoms with Crippen molar-refractivity contribution in [3.8, 4) is 0 Å². The molecule has 1 fully saturated rings. The maximum atomic E-state index is 12.1. The first kappa shape index (κ1) is 10.3. The SMILES string of the molecule is O=C1CCc2ccc3c(c21)C1CCCC1C(=O)N3. The number of rotatable bonds is 0. The minimum Gasteiger partial charge on any atom is -0.326 e. The minimum absolute atomic E-state index is 0.0948. The lowest BCUT2D eigenvalue weighted by molar-refractivity contribution is -0.120. The van der Waals surface area contributed by atoms with Gasteiger partial charge < -0.3 is 5.32 Å². The summed E-state index contributed by atoms with van der Waals surface area (Å²) in [4.78, 5) is 24.1. The number of nitrogens with one attached hydrogen (secondary N) is 1. The molecule has 3 aliphatic rings. The van der Waals surface area contributed by atoms with Gasteiger partial charge in [-0.05, 0) is 42.4 Å². The Hall–Kier alpha value is -1.64. The van der Waals surface area contributed by atoms with Crippen LogP contribution in [0.4, 0.5) is 5.69 Å². The van der Waals surface area contributed by atoms with Crippen molar-refractivity contribution in [1.29, 1.82) is 0 Å². The molecular formula is C15H15NO2. The Kier molecular flexibility index (Phi) is 1.97. The summed E-state index contributed by atoms with van der Waals surface area (Å²) in [5, 5.41) is 2.99. The second-order valence-electron chi connectivity index (χ2n) is 5.62. The van der Waals surface area contributed by atoms with Gasteiger partial charge in [0.2, 0.25) is 5.91 Å². The lowest BCUT2D eigenvalue weighted by Crippen LogP contribution is -2.31. The first-order valence-corrected chi connectivity index (χ1v) is 6.75. The first-order valence-electron chi connectivity index (χ1n) is 6.75. The highest BCUT2D eigenvalue weighted by molar-refractivity contribution is 6.06. The topological polar surface area (TPSA) is 46.2 Å². The zero-order chi connectivity index (χ0) is 12.3. The molecule has 0 radical (unpaired) electrons. The Bertz CT molecular complexity index is 576. The fraction of sp³-hybridized carbons (Fsp3) is 0.467. The van der Waals surface area contributed by atoms with Crippen LogP contribution in [0.1, 0.15) is 53.1 Å². The van der Waals surface area contributed by atoms with Crippen molar-refractivity contribution in [1.82, 2.24) is 0 Å². The van der Waals surface area contributed by atoms with Crippen LogP contribution in [0.15, 0.2) is 12.1 Å². The van der Waals surface area contributed by atoms with Crippen LogP contribution in [-0.4, -0.2) is 11.7 Å². The predicted molar refractivity (Wildman–Crippen MR) is 67.8 cm³/mol. The number of hydrogen-bond acceptors (Lipinski definition) is 2. The second kappa shape index (κ2) is 3.44. The fourth-order valence-corrected chi connectivity index (χ4v) is 3.91. The number of amides is 1. The summed E-state index contributed by atoms with van der Waals surface area (Å²) < 4.78 is 0. The molecule has 1 aromatic carbocycles. The van der Waals surface area contributed by atoms with Gasteiger partial charge >= 0.3 is 0 Å². The molecule has 0 aromatic heterocycles. The first-order chi connectivity index (χ1) is 8.75. The minimum atomic E-state index is 0.0948. The molecule has 3 heteroatoms. The summed E-state index contributed by atoms with van der Waals surface area (Å²) >= 11 is 0. The van der Waals surface area contributed by atoms with Crippen LogP contribution in [0, 0.1) is 5.92 Å². The second-order valence-corrected chi connectivity index (χ2v) is 5.62. The molecule has 1 heterocycles. The third-order valence-electron chi connectivity index (χ3n) is 4.71. The van der Waals surface area contributed by atoms with Crippen molar-refractivity contribution in [3.63, 3.8) is 0 Å². The van der Waals surface area contributed by atoms with Gasteiger partial charge in [0.05, 0.1) is 0 Å². The molecule has 1 saturated carbocycles. The Morgan fingerprint density at radius 2 is 1.89 bits per heavy atom. The molecule has 1 N–H and O–H groups in total. The van der Waals surface area contributed by atoms with Crippen LogP contribution >= 0.6 is 0 Å². The van der Waals surface area contributed by atoms with Crippen molar-refractivity contribution < 1.29 is 9.59 Å². The number of aryl methyl sites for hydroxylation is 1. The lowest BCUT2D eigenvalue weighted by Gasteiger charge is -2.29. The molecule has 0 saturated heterocycles. The van der Waals surface area contributed by atoms with Crippen LogP contribution in [0.5, 0.6) is 0 Å². The fourth-order valence-electron chi connectivity index (χ4n) is 3.91. The van der Waals surface area contributed by atoms with Crippen LogP contribution < -0.4 is 5.32 Å². The molecule has 1 aromatic rings. The molecule has 2 unspecified atom stereocenters. The zero-order valence-corrected chi connectivity index (χ0v) is 10.2. The van der Waals surface area contributed by atoms with Crippen molar-refractivity contribution in [2.75, 3.05) is 5.32 Å². The third-order valence-corrected chi connectivity index (χ3v) is 4.71. The van der Waals surface area contributed by atoms with Gasteiger partial charge in [-0.3, -0.25) is 9.59 Å². The van der Waals surface area contributed by atoms with Crippen LogP contribution in [0.25, 0.3) is 0 Å². The van der Waals surface area contributed by atoms with Gasteiger partial charge in [-0.2, -0.15) is 0 Å². The van der Waals surface area contributed by atoms with E-state index in [9.17, 15) is 9.59 Å². The van der Waals surface area contributed by atoms with E-state index in [2.05, 4.69) is 5.32 Å². The van der Waals surface area contributed by atoms with E-state index in [-0.39, 0.29) is 23.5 Å². The maximum Gasteiger partial charge on any atom is 0.228 e. The summed E-state index contributed by atoms with van der Waals surface area (Å²) in [5.74, 6) is 0.794. The number of ketones is 1. The van der Waals surface area contributed by atoms with E-state index in [1.165, 1.54) is 5.56 Å². The largest absolute Gasteiger partial charge is 0.326 e. The van der Waals surface area contributed by atoms with Gasteiger partial charge in [-0.15, -0.1) is 0 Å². The van der Waals surface area contributed by atoms with Gasteiger partial charge in [0.15, 0.2) is 5.78 Å². The van der Waals surface area contributed by atoms with E-state index in [0.29, 0.717) is 6.42 Å². The molecule has 0 spiro atoms. The summed E-state index contributed by atoms with van der Waals surface area (Å²) in [6.45, 7) is 0. The number of carbonyl (C=O) groups is 2. The quantitative estimate of drug-likeness (QED) is 0.759. The lowest BCUT2D eigenvalue weighted by atomic mass is 9.80. The van der Waals surface area contributed by atoms with Crippen LogP contribution in [-0.2, 0) is 11.2 Å². The van der Waals surface area contributed by atoms with Crippen molar-refractivity contribution in [2.24, 2.45) is 5.92 Å². The van der Waals surface area contributed by atoms with Gasteiger partial charge in [0.1, 0.15) is 0 Å². The van der Waals surface area contributed by atoms with E-state index in [0.717, 1.165) is 42.5 Å². The molecule has 4 rings (SSSR count). The van der Waals surface area contributed by atoms with Gasteiger partial charge in [-0.1, -0.05) is 12.5 Å². The monoisotopic (exact) mass is 241 g/mol. The molecule has 2 aliphatic carbocycles. The average Bonchev–Trinajstić information content (AvgIpc) is 2.97. The number of fused-ring (bicyclic) bond motifs is 5. The number of anilines is 1. The highest BCUT2D eigenvalue weighted by atomic mass is 16.2. The summed E-state index contributed by atoms with van der Waals surface area (Å²) in [6.07, 6.45) is 4.62. The zero-order valence-electron chi connectivity index (χ0n) is 10.2. The molecule has 0 bridgehead atoms. The van der Waals surface area contributed by atoms with Gasteiger partial charge in [0.25, 0.3) is 0 Å². The van der Waals surface area contributed by atoms with Crippen molar-refractivity contribution in [3.05, 3.63) is 28.8 Å². The van der Waals surface area contributed by atoms with E-state index in [1.54, 1.807) is 0 Å². The Labute approximate surface area is 106 Å². The smallest absolute Gasteiger partial charge is 0.228 e. The van der Waals surface area contributed by atoms with E-state index in [1.807, 2.05) is 12.1 Å². The third kappa shape index (κ3) is 1.19. The normalized spacial score (nSPS) is 28.7. The molecule has 1 amide bonds. The van der Waals surface area contributed by atoms with Crippen LogP contribution in [0.2, 0.25) is 0 Å². The van der Waals surface area contributed by atoms with Gasteiger partial charge in [-0.25, -0.2) is 0 Å². The summed E-state index contributed by atoms with van der Waals surface area (Å²) in [5.41, 5.74) is 4.15. The molecule has 1 aliphatic heterocycles. The highest BCUT2D eigenvalue weighted by Gasteiger charge is 2.42. The maximum absolute atomic E-state index is 12.1. The number of hydrogen-bond donors (Lipinski definition) is 1. The molecule has 2 atom stereocenters. The highest BCUT2D eigenvalue weighted by Crippen LogP contribution is 2.49. The molecular weight excluding hydrogens is 226 g/mol. The van der Waals surface area contributed by atoms with Crippen molar-refractivity contribution >= 4 is 17.4 Å². The molecule has 92 valence electrons.